The van der Waals surface area contributed by atoms with Gasteiger partial charge < -0.3 is 9.47 Å². The number of hydrogen-bond acceptors (Lipinski definition) is 3. The van der Waals surface area contributed by atoms with Gasteiger partial charge >= 0.3 is 5.97 Å². The minimum absolute atomic E-state index is 0.0470. The molecule has 3 rings (SSSR count). The first-order valence-corrected chi connectivity index (χ1v) is 8.87. The highest BCUT2D eigenvalue weighted by molar-refractivity contribution is 6.00. The summed E-state index contributed by atoms with van der Waals surface area (Å²) >= 11 is 0. The number of esters is 1. The van der Waals surface area contributed by atoms with E-state index in [4.69, 9.17) is 9.47 Å². The first-order chi connectivity index (χ1) is 12.1. The van der Waals surface area contributed by atoms with Crippen LogP contribution in [0.15, 0.2) is 54.6 Å². The van der Waals surface area contributed by atoms with Crippen molar-refractivity contribution in [3.63, 3.8) is 0 Å². The van der Waals surface area contributed by atoms with Crippen LogP contribution in [0, 0.1) is 0 Å². The summed E-state index contributed by atoms with van der Waals surface area (Å²) in [4.78, 5) is 11.5. The van der Waals surface area contributed by atoms with Crippen LogP contribution in [0.4, 0.5) is 0 Å². The Bertz CT molecular complexity index is 867. The van der Waals surface area contributed by atoms with Gasteiger partial charge in [-0.3, -0.25) is 4.79 Å². The molecular formula is C22H24O3. The van der Waals surface area contributed by atoms with E-state index in [0.717, 1.165) is 24.0 Å². The molecule has 0 amide bonds. The molecule has 0 aliphatic rings. The Hall–Kier alpha value is -2.55. The maximum absolute atomic E-state index is 11.5. The quantitative estimate of drug-likeness (QED) is 0.325. The molecular weight excluding hydrogens is 312 g/mol. The summed E-state index contributed by atoms with van der Waals surface area (Å²) in [6.07, 6.45) is 2.01. The summed E-state index contributed by atoms with van der Waals surface area (Å²) in [5.41, 5.74) is 0. The van der Waals surface area contributed by atoms with Crippen LogP contribution in [0.25, 0.3) is 21.5 Å². The smallest absolute Gasteiger partial charge is 0.306 e. The van der Waals surface area contributed by atoms with Gasteiger partial charge in [0.15, 0.2) is 0 Å². The van der Waals surface area contributed by atoms with Crippen LogP contribution in [-0.2, 0) is 9.53 Å². The summed E-state index contributed by atoms with van der Waals surface area (Å²) in [6, 6.07) is 18.9. The fraction of sp³-hybridized carbons (Fsp3) is 0.318. The Labute approximate surface area is 148 Å². The molecule has 0 spiro atoms. The van der Waals surface area contributed by atoms with Crippen molar-refractivity contribution >= 4 is 27.5 Å². The Morgan fingerprint density at radius 3 is 2.40 bits per heavy atom. The molecule has 0 heterocycles. The van der Waals surface area contributed by atoms with E-state index in [1.165, 1.54) is 16.2 Å². The van der Waals surface area contributed by atoms with Gasteiger partial charge in [0.1, 0.15) is 5.75 Å². The van der Waals surface area contributed by atoms with Crippen molar-refractivity contribution in [1.82, 2.24) is 0 Å². The van der Waals surface area contributed by atoms with Crippen LogP contribution in [0.3, 0.4) is 0 Å². The molecule has 0 fully saturated rings. The molecule has 0 aliphatic heterocycles. The molecule has 3 aromatic rings. The van der Waals surface area contributed by atoms with Crippen LogP contribution in [0.5, 0.6) is 5.75 Å². The zero-order valence-electron chi connectivity index (χ0n) is 14.8. The van der Waals surface area contributed by atoms with Gasteiger partial charge in [0.05, 0.1) is 12.7 Å². The molecule has 3 aromatic carbocycles. The molecule has 0 aliphatic carbocycles. The maximum Gasteiger partial charge on any atom is 0.306 e. The molecule has 0 radical (unpaired) electrons. The monoisotopic (exact) mass is 336 g/mol. The number of benzene rings is 3. The highest BCUT2D eigenvalue weighted by Gasteiger charge is 2.06. The van der Waals surface area contributed by atoms with Crippen molar-refractivity contribution in [2.75, 3.05) is 6.61 Å². The van der Waals surface area contributed by atoms with Gasteiger partial charge in [-0.1, -0.05) is 36.4 Å². The minimum atomic E-state index is -0.133. The predicted octanol–water partition coefficient (Wildman–Crippen LogP) is 5.49. The van der Waals surface area contributed by atoms with Crippen LogP contribution in [-0.4, -0.2) is 18.7 Å². The lowest BCUT2D eigenvalue weighted by molar-refractivity contribution is -0.147. The van der Waals surface area contributed by atoms with Crippen molar-refractivity contribution < 1.29 is 14.3 Å². The molecule has 0 saturated carbocycles. The summed E-state index contributed by atoms with van der Waals surface area (Å²) in [6.45, 7) is 4.33. The number of rotatable bonds is 7. The topological polar surface area (TPSA) is 35.5 Å². The Balaban J connectivity index is 1.62. The highest BCUT2D eigenvalue weighted by Crippen LogP contribution is 2.30. The zero-order chi connectivity index (χ0) is 17.6. The summed E-state index contributed by atoms with van der Waals surface area (Å²) in [7, 11) is 0. The molecule has 0 bridgehead atoms. The number of unbranched alkanes of at least 4 members (excludes halogenated alkanes) is 1. The Kier molecular flexibility index (Phi) is 5.54. The largest absolute Gasteiger partial charge is 0.493 e. The van der Waals surface area contributed by atoms with Gasteiger partial charge in [-0.25, -0.2) is 0 Å². The number of fused-ring (bicyclic) bond motifs is 2. The van der Waals surface area contributed by atoms with Crippen molar-refractivity contribution in [1.29, 1.82) is 0 Å². The van der Waals surface area contributed by atoms with E-state index in [1.807, 2.05) is 32.0 Å². The fourth-order valence-electron chi connectivity index (χ4n) is 2.94. The normalized spacial score (nSPS) is 11.2. The van der Waals surface area contributed by atoms with Gasteiger partial charge in [0.2, 0.25) is 0 Å². The lowest BCUT2D eigenvalue weighted by Crippen LogP contribution is -2.11. The maximum atomic E-state index is 11.5. The molecule has 0 unspecified atom stereocenters. The molecule has 130 valence electrons. The minimum Gasteiger partial charge on any atom is -0.493 e. The van der Waals surface area contributed by atoms with Gasteiger partial charge in [-0.15, -0.1) is 0 Å². The summed E-state index contributed by atoms with van der Waals surface area (Å²) in [5, 5.41) is 4.75. The van der Waals surface area contributed by atoms with E-state index in [-0.39, 0.29) is 12.1 Å². The van der Waals surface area contributed by atoms with Gasteiger partial charge in [0, 0.05) is 11.8 Å². The second kappa shape index (κ2) is 8.02. The van der Waals surface area contributed by atoms with Crippen molar-refractivity contribution in [3.8, 4) is 5.75 Å². The van der Waals surface area contributed by atoms with Crippen LogP contribution >= 0.6 is 0 Å². The van der Waals surface area contributed by atoms with Gasteiger partial charge in [-0.05, 0) is 61.0 Å². The lowest BCUT2D eigenvalue weighted by Gasteiger charge is -2.11. The van der Waals surface area contributed by atoms with Gasteiger partial charge in [0.25, 0.3) is 0 Å². The lowest BCUT2D eigenvalue weighted by atomic mass is 10.0. The fourth-order valence-corrected chi connectivity index (χ4v) is 2.94. The number of carbonyl (C=O) groups is 1. The zero-order valence-corrected chi connectivity index (χ0v) is 14.8. The standard InChI is InChI=1S/C22H24O3/c1-16(2)25-22(23)12-5-6-13-24-21-11-7-10-19-14-17-8-3-4-9-18(17)15-20(19)21/h3-4,7-11,14-16H,5-6,12-13H2,1-2H3. The SMILES string of the molecule is CC(C)OC(=O)CCCCOc1cccc2cc3ccccc3cc12. The summed E-state index contributed by atoms with van der Waals surface area (Å²) in [5.74, 6) is 0.764. The van der Waals surface area contributed by atoms with E-state index < -0.39 is 0 Å². The van der Waals surface area contributed by atoms with E-state index >= 15 is 0 Å². The number of hydrogen-bond donors (Lipinski definition) is 0. The Morgan fingerprint density at radius 2 is 1.64 bits per heavy atom. The first-order valence-electron chi connectivity index (χ1n) is 8.87. The average Bonchev–Trinajstić information content (AvgIpc) is 2.59. The molecule has 3 nitrogen and oxygen atoms in total. The average molecular weight is 336 g/mol. The predicted molar refractivity (Wildman–Crippen MR) is 102 cm³/mol. The van der Waals surface area contributed by atoms with E-state index in [9.17, 15) is 4.79 Å². The first kappa shape index (κ1) is 17.3. The van der Waals surface area contributed by atoms with Crippen molar-refractivity contribution in [3.05, 3.63) is 54.6 Å². The van der Waals surface area contributed by atoms with Crippen LogP contribution < -0.4 is 4.74 Å². The molecule has 0 atom stereocenters. The third-order valence-corrected chi connectivity index (χ3v) is 4.11. The number of ether oxygens (including phenoxy) is 2. The van der Waals surface area contributed by atoms with Crippen molar-refractivity contribution in [2.45, 2.75) is 39.2 Å². The highest BCUT2D eigenvalue weighted by atomic mass is 16.5. The third kappa shape index (κ3) is 4.50. The van der Waals surface area contributed by atoms with Crippen molar-refractivity contribution in [2.24, 2.45) is 0 Å². The molecule has 0 saturated heterocycles. The number of carbonyl (C=O) groups excluding carboxylic acids is 1. The van der Waals surface area contributed by atoms with Crippen LogP contribution in [0.1, 0.15) is 33.1 Å². The van der Waals surface area contributed by atoms with Crippen LogP contribution in [0.2, 0.25) is 0 Å². The molecule has 0 N–H and O–H groups in total. The molecule has 0 aromatic heterocycles. The van der Waals surface area contributed by atoms with E-state index in [0.29, 0.717) is 13.0 Å². The second-order valence-corrected chi connectivity index (χ2v) is 6.52. The van der Waals surface area contributed by atoms with E-state index in [1.54, 1.807) is 0 Å². The summed E-state index contributed by atoms with van der Waals surface area (Å²) < 4.78 is 11.1. The van der Waals surface area contributed by atoms with Gasteiger partial charge in [-0.2, -0.15) is 0 Å². The third-order valence-electron chi connectivity index (χ3n) is 4.11. The molecule has 3 heteroatoms. The molecule has 25 heavy (non-hydrogen) atoms. The second-order valence-electron chi connectivity index (χ2n) is 6.52. The Morgan fingerprint density at radius 1 is 0.920 bits per heavy atom. The van der Waals surface area contributed by atoms with E-state index in [2.05, 4.69) is 36.4 Å².